The summed E-state index contributed by atoms with van der Waals surface area (Å²) in [5.41, 5.74) is -0.394. The molecule has 2 unspecified atom stereocenters. The van der Waals surface area contributed by atoms with Crippen LogP contribution in [-0.4, -0.2) is 49.2 Å². The molecule has 0 aromatic heterocycles. The predicted molar refractivity (Wildman–Crippen MR) is 87.3 cm³/mol. The van der Waals surface area contributed by atoms with Crippen LogP contribution in [0.2, 0.25) is 0 Å². The normalized spacial score (nSPS) is 20.5. The Balaban J connectivity index is 2.98. The van der Waals surface area contributed by atoms with Crippen LogP contribution in [0.15, 0.2) is 0 Å². The number of likely N-dealkylation sites (N-methyl/N-ethyl adjacent to an activating group) is 1. The Morgan fingerprint density at radius 2 is 1.81 bits per heavy atom. The number of hydrogen-bond donors (Lipinski definition) is 1. The molecule has 0 heterocycles. The van der Waals surface area contributed by atoms with Gasteiger partial charge in [-0.1, -0.05) is 20.8 Å². The van der Waals surface area contributed by atoms with Crippen LogP contribution in [0.4, 0.5) is 0 Å². The van der Waals surface area contributed by atoms with E-state index in [9.17, 15) is 4.79 Å². The second kappa shape index (κ2) is 6.66. The molecule has 0 amide bonds. The van der Waals surface area contributed by atoms with Gasteiger partial charge in [-0.25, -0.2) is 4.79 Å². The van der Waals surface area contributed by atoms with E-state index < -0.39 is 5.54 Å². The van der Waals surface area contributed by atoms with Gasteiger partial charge in [0.1, 0.15) is 5.54 Å². The molecule has 0 saturated heterocycles. The molecule has 0 aromatic rings. The highest BCUT2D eigenvalue weighted by atomic mass is 16.5. The molecule has 1 aliphatic rings. The van der Waals surface area contributed by atoms with E-state index in [1.807, 2.05) is 0 Å². The minimum atomic E-state index is -0.572. The van der Waals surface area contributed by atoms with Gasteiger partial charge in [-0.05, 0) is 52.0 Å². The maximum absolute atomic E-state index is 12.5. The van der Waals surface area contributed by atoms with Gasteiger partial charge < -0.3 is 9.64 Å². The van der Waals surface area contributed by atoms with Crippen molar-refractivity contribution < 1.29 is 9.53 Å². The molecular formula is C17H34N2O2. The van der Waals surface area contributed by atoms with Gasteiger partial charge in [0.25, 0.3) is 0 Å². The van der Waals surface area contributed by atoms with E-state index in [1.54, 1.807) is 0 Å². The molecule has 0 aromatic carbocycles. The summed E-state index contributed by atoms with van der Waals surface area (Å²) in [6, 6.07) is 0.636. The van der Waals surface area contributed by atoms with Crippen LogP contribution in [0.3, 0.4) is 0 Å². The lowest BCUT2D eigenvalue weighted by Gasteiger charge is -2.42. The monoisotopic (exact) mass is 298 g/mol. The number of nitrogens with zero attached hydrogens (tertiary/aromatic N) is 1. The SMILES string of the molecule is COC(=O)C(CN(C)C(C)C(C)(C)C)(NC(C)C)C1CC1. The minimum Gasteiger partial charge on any atom is -0.468 e. The molecule has 1 N–H and O–H groups in total. The first-order chi connectivity index (χ1) is 9.54. The Hall–Kier alpha value is -0.610. The van der Waals surface area contributed by atoms with Gasteiger partial charge in [-0.2, -0.15) is 0 Å². The van der Waals surface area contributed by atoms with Gasteiger partial charge in [0.05, 0.1) is 7.11 Å². The zero-order valence-electron chi connectivity index (χ0n) is 15.1. The number of hydrogen-bond acceptors (Lipinski definition) is 4. The Bertz CT molecular complexity index is 358. The first-order valence-corrected chi connectivity index (χ1v) is 8.11. The smallest absolute Gasteiger partial charge is 0.327 e. The predicted octanol–water partition coefficient (Wildman–Crippen LogP) is 2.67. The maximum Gasteiger partial charge on any atom is 0.327 e. The molecule has 0 spiro atoms. The number of methoxy groups -OCH3 is 1. The summed E-state index contributed by atoms with van der Waals surface area (Å²) in [6.45, 7) is 13.8. The van der Waals surface area contributed by atoms with Crippen molar-refractivity contribution >= 4 is 5.97 Å². The van der Waals surface area contributed by atoms with Crippen molar-refractivity contribution in [3.05, 3.63) is 0 Å². The quantitative estimate of drug-likeness (QED) is 0.734. The van der Waals surface area contributed by atoms with E-state index in [-0.39, 0.29) is 17.4 Å². The molecule has 4 heteroatoms. The number of carbonyl (C=O) groups is 1. The first-order valence-electron chi connectivity index (χ1n) is 8.11. The van der Waals surface area contributed by atoms with Crippen LogP contribution in [-0.2, 0) is 9.53 Å². The summed E-state index contributed by atoms with van der Waals surface area (Å²) in [4.78, 5) is 14.8. The molecule has 1 aliphatic carbocycles. The Kier molecular flexibility index (Phi) is 5.84. The van der Waals surface area contributed by atoms with E-state index in [2.05, 4.69) is 58.8 Å². The van der Waals surface area contributed by atoms with Gasteiger partial charge in [0.15, 0.2) is 0 Å². The third kappa shape index (κ3) is 4.43. The fourth-order valence-corrected chi connectivity index (χ4v) is 3.05. The standard InChI is InChI=1S/C17H34N2O2/c1-12(2)18-17(14-9-10-14,15(20)21-8)11-19(7)13(3)16(4,5)6/h12-14,18H,9-11H2,1-8H3. The zero-order valence-corrected chi connectivity index (χ0v) is 15.1. The number of ether oxygens (including phenoxy) is 1. The van der Waals surface area contributed by atoms with Crippen molar-refractivity contribution in [3.8, 4) is 0 Å². The van der Waals surface area contributed by atoms with E-state index in [1.165, 1.54) is 7.11 Å². The van der Waals surface area contributed by atoms with Gasteiger partial charge in [-0.15, -0.1) is 0 Å². The molecule has 1 fully saturated rings. The minimum absolute atomic E-state index is 0.119. The average molecular weight is 298 g/mol. The van der Waals surface area contributed by atoms with Crippen molar-refractivity contribution in [1.82, 2.24) is 10.2 Å². The molecule has 1 rings (SSSR count). The number of nitrogens with one attached hydrogen (secondary N) is 1. The molecular weight excluding hydrogens is 264 g/mol. The third-order valence-corrected chi connectivity index (χ3v) is 4.78. The molecule has 0 bridgehead atoms. The zero-order chi connectivity index (χ0) is 16.4. The summed E-state index contributed by atoms with van der Waals surface area (Å²) in [5, 5.41) is 3.53. The Morgan fingerprint density at radius 3 is 2.14 bits per heavy atom. The molecule has 4 nitrogen and oxygen atoms in total. The van der Waals surface area contributed by atoms with Crippen molar-refractivity contribution in [2.75, 3.05) is 20.7 Å². The lowest BCUT2D eigenvalue weighted by Crippen LogP contribution is -2.64. The van der Waals surface area contributed by atoms with Crippen LogP contribution in [0.5, 0.6) is 0 Å². The van der Waals surface area contributed by atoms with Gasteiger partial charge in [0, 0.05) is 18.6 Å². The van der Waals surface area contributed by atoms with Crippen molar-refractivity contribution in [2.24, 2.45) is 11.3 Å². The highest BCUT2D eigenvalue weighted by Gasteiger charge is 2.53. The molecule has 21 heavy (non-hydrogen) atoms. The van der Waals surface area contributed by atoms with E-state index >= 15 is 0 Å². The molecule has 0 radical (unpaired) electrons. The van der Waals surface area contributed by atoms with Gasteiger partial charge in [-0.3, -0.25) is 5.32 Å². The number of rotatable bonds is 7. The van der Waals surface area contributed by atoms with Crippen LogP contribution >= 0.6 is 0 Å². The molecule has 1 saturated carbocycles. The third-order valence-electron chi connectivity index (χ3n) is 4.78. The van der Waals surface area contributed by atoms with Crippen LogP contribution in [0.25, 0.3) is 0 Å². The average Bonchev–Trinajstić information content (AvgIpc) is 3.18. The summed E-state index contributed by atoms with van der Waals surface area (Å²) in [6.07, 6.45) is 2.21. The summed E-state index contributed by atoms with van der Waals surface area (Å²) >= 11 is 0. The molecule has 124 valence electrons. The largest absolute Gasteiger partial charge is 0.468 e. The van der Waals surface area contributed by atoms with Gasteiger partial charge in [0.2, 0.25) is 0 Å². The molecule has 2 atom stereocenters. The highest BCUT2D eigenvalue weighted by molar-refractivity contribution is 5.82. The topological polar surface area (TPSA) is 41.6 Å². The number of carbonyl (C=O) groups excluding carboxylic acids is 1. The van der Waals surface area contributed by atoms with Crippen LogP contribution < -0.4 is 5.32 Å². The Morgan fingerprint density at radius 1 is 1.29 bits per heavy atom. The van der Waals surface area contributed by atoms with Crippen molar-refractivity contribution in [2.45, 2.75) is 72.0 Å². The van der Waals surface area contributed by atoms with E-state index in [0.29, 0.717) is 18.5 Å². The maximum atomic E-state index is 12.5. The van der Waals surface area contributed by atoms with E-state index in [0.717, 1.165) is 12.8 Å². The molecule has 0 aliphatic heterocycles. The lowest BCUT2D eigenvalue weighted by atomic mass is 9.85. The second-order valence-corrected chi connectivity index (χ2v) is 7.99. The summed E-state index contributed by atoms with van der Waals surface area (Å²) < 4.78 is 5.16. The Labute approximate surface area is 130 Å². The van der Waals surface area contributed by atoms with Crippen molar-refractivity contribution in [3.63, 3.8) is 0 Å². The fraction of sp³-hybridized carbons (Fsp3) is 0.941. The highest BCUT2D eigenvalue weighted by Crippen LogP contribution is 2.42. The van der Waals surface area contributed by atoms with Crippen molar-refractivity contribution in [1.29, 1.82) is 0 Å². The first kappa shape index (κ1) is 18.4. The van der Waals surface area contributed by atoms with Gasteiger partial charge >= 0.3 is 5.97 Å². The number of esters is 1. The summed E-state index contributed by atoms with van der Waals surface area (Å²) in [7, 11) is 3.60. The van der Waals surface area contributed by atoms with E-state index in [4.69, 9.17) is 4.74 Å². The lowest BCUT2D eigenvalue weighted by molar-refractivity contribution is -0.151. The van der Waals surface area contributed by atoms with Crippen LogP contribution in [0, 0.1) is 11.3 Å². The summed E-state index contributed by atoms with van der Waals surface area (Å²) in [5.74, 6) is 0.272. The second-order valence-electron chi connectivity index (χ2n) is 7.99. The fourth-order valence-electron chi connectivity index (χ4n) is 3.05. The van der Waals surface area contributed by atoms with Crippen LogP contribution in [0.1, 0.15) is 54.4 Å².